The molecule has 0 saturated carbocycles. The summed E-state index contributed by atoms with van der Waals surface area (Å²) < 4.78 is 2.09. The second-order valence-corrected chi connectivity index (χ2v) is 5.95. The van der Waals surface area contributed by atoms with Crippen LogP contribution in [-0.2, 0) is 5.75 Å². The van der Waals surface area contributed by atoms with Crippen LogP contribution in [0.4, 0.5) is 0 Å². The molecule has 1 rings (SSSR count). The van der Waals surface area contributed by atoms with Crippen molar-refractivity contribution in [3.63, 3.8) is 0 Å². The van der Waals surface area contributed by atoms with Crippen molar-refractivity contribution in [1.29, 1.82) is 0 Å². The van der Waals surface area contributed by atoms with Gasteiger partial charge in [0.05, 0.1) is 28.2 Å². The first kappa shape index (κ1) is 14.7. The average Bonchev–Trinajstić information content (AvgIpc) is 2.14. The Morgan fingerprint density at radius 1 is 1.18 bits per heavy atom. The normalized spacial score (nSPS) is 10.2. The standard InChI is InChI=1S/C12H17Cl2N2S/c1-15(2)12(16(3)4)17-8-9-5-10(13)7-11(14)6-9/h5-7H,8H2,1-4H3/q+1. The molecule has 2 nitrogen and oxygen atoms in total. The van der Waals surface area contributed by atoms with Crippen LogP contribution < -0.4 is 0 Å². The second kappa shape index (κ2) is 6.53. The van der Waals surface area contributed by atoms with Crippen molar-refractivity contribution >= 4 is 40.1 Å². The lowest BCUT2D eigenvalue weighted by atomic mass is 10.2. The molecule has 0 aliphatic rings. The van der Waals surface area contributed by atoms with Crippen molar-refractivity contribution in [1.82, 2.24) is 4.90 Å². The summed E-state index contributed by atoms with van der Waals surface area (Å²) in [5, 5.41) is 2.56. The maximum Gasteiger partial charge on any atom is 0.307 e. The van der Waals surface area contributed by atoms with Crippen LogP contribution in [0.1, 0.15) is 5.56 Å². The minimum Gasteiger partial charge on any atom is -0.262 e. The monoisotopic (exact) mass is 291 g/mol. The fraction of sp³-hybridized carbons (Fsp3) is 0.417. The fourth-order valence-corrected chi connectivity index (χ4v) is 3.05. The molecule has 0 amide bonds. The van der Waals surface area contributed by atoms with Crippen molar-refractivity contribution in [2.45, 2.75) is 5.75 Å². The topological polar surface area (TPSA) is 6.25 Å². The number of rotatable bonds is 2. The van der Waals surface area contributed by atoms with Crippen molar-refractivity contribution in [3.05, 3.63) is 33.8 Å². The molecule has 0 fully saturated rings. The number of amidine groups is 1. The SMILES string of the molecule is CN(C)C(SCc1cc(Cl)cc(Cl)c1)=[N+](C)C. The number of thioether (sulfide) groups is 1. The van der Waals surface area contributed by atoms with E-state index >= 15 is 0 Å². The highest BCUT2D eigenvalue weighted by Crippen LogP contribution is 2.23. The van der Waals surface area contributed by atoms with E-state index in [1.807, 2.05) is 40.3 Å². The largest absolute Gasteiger partial charge is 0.307 e. The predicted octanol–water partition coefficient (Wildman–Crippen LogP) is 3.42. The summed E-state index contributed by atoms with van der Waals surface area (Å²) in [6, 6.07) is 5.65. The Morgan fingerprint density at radius 3 is 2.12 bits per heavy atom. The van der Waals surface area contributed by atoms with E-state index in [-0.39, 0.29) is 0 Å². The molecule has 0 aromatic heterocycles. The maximum absolute atomic E-state index is 5.97. The smallest absolute Gasteiger partial charge is 0.262 e. The van der Waals surface area contributed by atoms with Gasteiger partial charge in [-0.1, -0.05) is 23.2 Å². The summed E-state index contributed by atoms with van der Waals surface area (Å²) in [6.07, 6.45) is 0. The molecule has 0 aliphatic heterocycles. The zero-order valence-electron chi connectivity index (χ0n) is 10.5. The fourth-order valence-electron chi connectivity index (χ4n) is 1.50. The predicted molar refractivity (Wildman–Crippen MR) is 78.6 cm³/mol. The molecule has 0 bridgehead atoms. The first-order valence-electron chi connectivity index (χ1n) is 5.19. The number of nitrogens with zero attached hydrogens (tertiary/aromatic N) is 2. The van der Waals surface area contributed by atoms with Gasteiger partial charge in [-0.05, 0) is 35.5 Å². The van der Waals surface area contributed by atoms with Gasteiger partial charge in [0.1, 0.15) is 0 Å². The van der Waals surface area contributed by atoms with E-state index in [2.05, 4.69) is 9.48 Å². The summed E-state index contributed by atoms with van der Waals surface area (Å²) in [5.74, 6) is 0.853. The van der Waals surface area contributed by atoms with Gasteiger partial charge in [-0.15, -0.1) is 0 Å². The van der Waals surface area contributed by atoms with E-state index in [0.717, 1.165) is 11.3 Å². The van der Waals surface area contributed by atoms with Crippen molar-refractivity contribution < 1.29 is 4.58 Å². The molecule has 0 unspecified atom stereocenters. The first-order valence-corrected chi connectivity index (χ1v) is 6.93. The zero-order valence-corrected chi connectivity index (χ0v) is 12.8. The quantitative estimate of drug-likeness (QED) is 0.468. The van der Waals surface area contributed by atoms with Gasteiger partial charge in [0.15, 0.2) is 0 Å². The van der Waals surface area contributed by atoms with Gasteiger partial charge in [-0.2, -0.15) is 0 Å². The number of hydrogen-bond acceptors (Lipinski definition) is 1. The third kappa shape index (κ3) is 4.78. The lowest BCUT2D eigenvalue weighted by Crippen LogP contribution is -2.26. The van der Waals surface area contributed by atoms with Crippen LogP contribution in [0.2, 0.25) is 10.0 Å². The highest BCUT2D eigenvalue weighted by molar-refractivity contribution is 8.12. The van der Waals surface area contributed by atoms with Crippen molar-refractivity contribution in [3.8, 4) is 0 Å². The molecule has 94 valence electrons. The van der Waals surface area contributed by atoms with Crippen LogP contribution in [0.3, 0.4) is 0 Å². The van der Waals surface area contributed by atoms with E-state index in [9.17, 15) is 0 Å². The van der Waals surface area contributed by atoms with Gasteiger partial charge >= 0.3 is 5.17 Å². The van der Waals surface area contributed by atoms with E-state index in [0.29, 0.717) is 10.0 Å². The molecule has 0 spiro atoms. The molecule has 0 N–H and O–H groups in total. The van der Waals surface area contributed by atoms with Gasteiger partial charge in [0.2, 0.25) is 0 Å². The van der Waals surface area contributed by atoms with E-state index in [4.69, 9.17) is 23.2 Å². The number of hydrogen-bond donors (Lipinski definition) is 0. The highest BCUT2D eigenvalue weighted by atomic mass is 35.5. The van der Waals surface area contributed by atoms with E-state index in [1.165, 1.54) is 5.17 Å². The second-order valence-electron chi connectivity index (χ2n) is 4.14. The molecular formula is C12H17Cl2N2S+. The van der Waals surface area contributed by atoms with Crippen LogP contribution in [0.5, 0.6) is 0 Å². The van der Waals surface area contributed by atoms with Gasteiger partial charge in [-0.3, -0.25) is 9.48 Å². The molecule has 0 saturated heterocycles. The van der Waals surface area contributed by atoms with Crippen LogP contribution in [0, 0.1) is 0 Å². The minimum absolute atomic E-state index is 0.685. The van der Waals surface area contributed by atoms with Gasteiger partial charge in [0.25, 0.3) is 0 Å². The molecule has 1 aromatic rings. The summed E-state index contributed by atoms with van der Waals surface area (Å²) in [7, 11) is 8.14. The Morgan fingerprint density at radius 2 is 1.71 bits per heavy atom. The lowest BCUT2D eigenvalue weighted by molar-refractivity contribution is -0.466. The zero-order chi connectivity index (χ0) is 13.0. The van der Waals surface area contributed by atoms with Crippen molar-refractivity contribution in [2.24, 2.45) is 0 Å². The van der Waals surface area contributed by atoms with Crippen LogP contribution in [0.25, 0.3) is 0 Å². The molecule has 0 heterocycles. The van der Waals surface area contributed by atoms with Crippen LogP contribution >= 0.6 is 35.0 Å². The number of halogens is 2. The molecule has 0 aliphatic carbocycles. The Labute approximate surface area is 117 Å². The molecule has 0 atom stereocenters. The lowest BCUT2D eigenvalue weighted by Gasteiger charge is -2.10. The highest BCUT2D eigenvalue weighted by Gasteiger charge is 2.12. The first-order chi connectivity index (χ1) is 7.90. The summed E-state index contributed by atoms with van der Waals surface area (Å²) >= 11 is 13.7. The molecule has 5 heteroatoms. The third-order valence-electron chi connectivity index (χ3n) is 2.06. The van der Waals surface area contributed by atoms with E-state index < -0.39 is 0 Å². The third-order valence-corrected chi connectivity index (χ3v) is 3.96. The van der Waals surface area contributed by atoms with Crippen LogP contribution in [-0.4, -0.2) is 42.8 Å². The summed E-state index contributed by atoms with van der Waals surface area (Å²) in [5.41, 5.74) is 1.13. The Kier molecular flexibility index (Phi) is 5.63. The number of benzene rings is 1. The average molecular weight is 292 g/mol. The van der Waals surface area contributed by atoms with Crippen LogP contribution in [0.15, 0.2) is 18.2 Å². The van der Waals surface area contributed by atoms with Crippen molar-refractivity contribution in [2.75, 3.05) is 28.2 Å². The maximum atomic E-state index is 5.97. The van der Waals surface area contributed by atoms with Gasteiger partial charge < -0.3 is 0 Å². The molecule has 17 heavy (non-hydrogen) atoms. The summed E-state index contributed by atoms with van der Waals surface area (Å²) in [6.45, 7) is 0. The molecule has 0 radical (unpaired) electrons. The van der Waals surface area contributed by atoms with Gasteiger partial charge in [0, 0.05) is 15.8 Å². The molecular weight excluding hydrogens is 275 g/mol. The van der Waals surface area contributed by atoms with E-state index in [1.54, 1.807) is 17.8 Å². The Hall–Kier alpha value is -0.380. The minimum atomic E-state index is 0.685. The Balaban J connectivity index is 2.76. The molecule has 1 aromatic carbocycles. The van der Waals surface area contributed by atoms with Gasteiger partial charge in [-0.25, -0.2) is 0 Å². The summed E-state index contributed by atoms with van der Waals surface area (Å²) in [4.78, 5) is 2.09. The Bertz CT molecular complexity index is 406.